The van der Waals surface area contributed by atoms with Gasteiger partial charge in [0.1, 0.15) is 0 Å². The Labute approximate surface area is 185 Å². The van der Waals surface area contributed by atoms with Crippen LogP contribution >= 0.6 is 46.6 Å². The van der Waals surface area contributed by atoms with Crippen LogP contribution in [-0.4, -0.2) is 49.3 Å². The number of rotatable bonds is 8. The maximum absolute atomic E-state index is 12.4. The molecule has 0 unspecified atom stereocenters. The minimum absolute atomic E-state index is 0.0522. The highest BCUT2D eigenvalue weighted by Gasteiger charge is 2.17. The number of hydrogen-bond donors (Lipinski definition) is 3. The van der Waals surface area contributed by atoms with Gasteiger partial charge in [-0.1, -0.05) is 46.6 Å². The number of carbonyl (C=O) groups excluding carboxylic acids is 1. The van der Waals surface area contributed by atoms with Gasteiger partial charge in [0.15, 0.2) is 5.16 Å². The molecule has 3 N–H and O–H groups in total. The lowest BCUT2D eigenvalue weighted by atomic mass is 10.3. The van der Waals surface area contributed by atoms with Gasteiger partial charge in [-0.3, -0.25) is 4.79 Å². The van der Waals surface area contributed by atoms with E-state index in [1.807, 2.05) is 13.8 Å². The zero-order valence-corrected chi connectivity index (χ0v) is 18.5. The molecule has 2 heterocycles. The fourth-order valence-electron chi connectivity index (χ4n) is 2.36. The predicted octanol–water partition coefficient (Wildman–Crippen LogP) is 4.07. The molecule has 0 aliphatic carbocycles. The van der Waals surface area contributed by atoms with Gasteiger partial charge in [0.25, 0.3) is 5.78 Å². The Kier molecular flexibility index (Phi) is 7.23. The third-order valence-electron chi connectivity index (χ3n) is 3.52. The SMILES string of the molecule is CCNc1nc(NCC)n2c(SCC(=O)Nc3c(Cl)cc(Cl)cc3Cl)nnc2n1. The molecule has 0 saturated carbocycles. The molecule has 0 spiro atoms. The average molecular weight is 476 g/mol. The molecule has 0 bridgehead atoms. The monoisotopic (exact) mass is 474 g/mol. The van der Waals surface area contributed by atoms with Gasteiger partial charge in [0, 0.05) is 18.1 Å². The zero-order valence-electron chi connectivity index (χ0n) is 15.5. The first-order chi connectivity index (χ1) is 13.9. The average Bonchev–Trinajstić information content (AvgIpc) is 3.07. The normalized spacial score (nSPS) is 10.9. The molecule has 0 atom stereocenters. The minimum atomic E-state index is -0.312. The third-order valence-corrected chi connectivity index (χ3v) is 5.26. The number of halogens is 3. The van der Waals surface area contributed by atoms with Gasteiger partial charge < -0.3 is 16.0 Å². The number of hydrogen-bond acceptors (Lipinski definition) is 8. The van der Waals surface area contributed by atoms with E-state index in [9.17, 15) is 4.79 Å². The number of anilines is 3. The van der Waals surface area contributed by atoms with Crippen molar-refractivity contribution >= 4 is 75.8 Å². The third kappa shape index (κ3) is 5.13. The van der Waals surface area contributed by atoms with Gasteiger partial charge >= 0.3 is 0 Å². The Morgan fingerprint density at radius 1 is 1.07 bits per heavy atom. The molecule has 0 aliphatic rings. The Morgan fingerprint density at radius 3 is 2.41 bits per heavy atom. The fourth-order valence-corrected chi connectivity index (χ4v) is 4.00. The Hall–Kier alpha value is -2.01. The van der Waals surface area contributed by atoms with Crippen LogP contribution in [0, 0.1) is 0 Å². The van der Waals surface area contributed by atoms with Crippen molar-refractivity contribution in [2.75, 3.05) is 34.8 Å². The summed E-state index contributed by atoms with van der Waals surface area (Å²) in [6, 6.07) is 3.01. The summed E-state index contributed by atoms with van der Waals surface area (Å²) in [7, 11) is 0. The highest BCUT2D eigenvalue weighted by molar-refractivity contribution is 7.99. The second-order valence-corrected chi connectivity index (χ2v) is 7.82. The van der Waals surface area contributed by atoms with Crippen molar-refractivity contribution in [1.29, 1.82) is 0 Å². The Morgan fingerprint density at radius 2 is 1.76 bits per heavy atom. The van der Waals surface area contributed by atoms with Crippen LogP contribution in [0.4, 0.5) is 17.6 Å². The number of benzene rings is 1. The van der Waals surface area contributed by atoms with Crippen LogP contribution in [0.15, 0.2) is 17.3 Å². The molecule has 1 amide bonds. The van der Waals surface area contributed by atoms with E-state index in [0.717, 1.165) is 0 Å². The van der Waals surface area contributed by atoms with Gasteiger partial charge in [-0.15, -0.1) is 10.2 Å². The van der Waals surface area contributed by atoms with Gasteiger partial charge in [-0.2, -0.15) is 9.97 Å². The van der Waals surface area contributed by atoms with Gasteiger partial charge in [0.2, 0.25) is 17.8 Å². The molecule has 0 fully saturated rings. The molecule has 0 radical (unpaired) electrons. The standard InChI is InChI=1S/C16H17Cl3N8OS/c1-3-20-13-23-14(21-4-2)27-15(24-13)25-26-16(27)29-7-11(28)22-12-9(18)5-8(17)6-10(12)19/h5-6H,3-4,7H2,1-2H3,(H,22,28)(H2,20,21,23,24,25). The number of amides is 1. The summed E-state index contributed by atoms with van der Waals surface area (Å²) in [6.45, 7) is 5.22. The van der Waals surface area contributed by atoms with Crippen LogP contribution in [-0.2, 0) is 4.79 Å². The largest absolute Gasteiger partial charge is 0.355 e. The minimum Gasteiger partial charge on any atom is -0.355 e. The molecule has 0 aliphatic heterocycles. The summed E-state index contributed by atoms with van der Waals surface area (Å²) in [5.74, 6) is 1.10. The topological polar surface area (TPSA) is 109 Å². The molecule has 154 valence electrons. The second kappa shape index (κ2) is 9.66. The smallest absolute Gasteiger partial charge is 0.261 e. The first kappa shape index (κ1) is 21.7. The Bertz CT molecular complexity index is 1020. The summed E-state index contributed by atoms with van der Waals surface area (Å²) in [6.07, 6.45) is 0. The number of nitrogens with one attached hydrogen (secondary N) is 3. The highest BCUT2D eigenvalue weighted by atomic mass is 35.5. The van der Waals surface area contributed by atoms with Crippen molar-refractivity contribution < 1.29 is 4.79 Å². The molecule has 13 heteroatoms. The van der Waals surface area contributed by atoms with Crippen LogP contribution in [0.2, 0.25) is 15.1 Å². The summed E-state index contributed by atoms with van der Waals surface area (Å²) in [4.78, 5) is 21.1. The molecule has 3 rings (SSSR count). The highest BCUT2D eigenvalue weighted by Crippen LogP contribution is 2.34. The van der Waals surface area contributed by atoms with E-state index in [-0.39, 0.29) is 21.7 Å². The van der Waals surface area contributed by atoms with E-state index in [1.54, 1.807) is 4.40 Å². The van der Waals surface area contributed by atoms with Crippen LogP contribution in [0.25, 0.3) is 5.78 Å². The number of fused-ring (bicyclic) bond motifs is 1. The lowest BCUT2D eigenvalue weighted by Gasteiger charge is -2.10. The molecule has 2 aromatic heterocycles. The van der Waals surface area contributed by atoms with Gasteiger partial charge in [0.05, 0.1) is 21.5 Å². The number of aromatic nitrogens is 5. The molecule has 0 saturated heterocycles. The summed E-state index contributed by atoms with van der Waals surface area (Å²) < 4.78 is 1.66. The van der Waals surface area contributed by atoms with E-state index in [2.05, 4.69) is 36.1 Å². The van der Waals surface area contributed by atoms with Crippen molar-refractivity contribution in [3.63, 3.8) is 0 Å². The maximum Gasteiger partial charge on any atom is 0.261 e. The quantitative estimate of drug-likeness (QED) is 0.418. The number of carbonyl (C=O) groups is 1. The zero-order chi connectivity index (χ0) is 21.0. The Balaban J connectivity index is 1.77. The van der Waals surface area contributed by atoms with E-state index in [4.69, 9.17) is 34.8 Å². The maximum atomic E-state index is 12.4. The predicted molar refractivity (Wildman–Crippen MR) is 118 cm³/mol. The summed E-state index contributed by atoms with van der Waals surface area (Å²) in [5.41, 5.74) is 0.307. The lowest BCUT2D eigenvalue weighted by Crippen LogP contribution is -2.15. The van der Waals surface area contributed by atoms with Crippen molar-refractivity contribution in [3.8, 4) is 0 Å². The first-order valence-corrected chi connectivity index (χ1v) is 10.7. The number of nitrogens with zero attached hydrogens (tertiary/aromatic N) is 5. The molecule has 1 aromatic carbocycles. The first-order valence-electron chi connectivity index (χ1n) is 8.61. The summed E-state index contributed by atoms with van der Waals surface area (Å²) in [5, 5.41) is 18.5. The van der Waals surface area contributed by atoms with E-state index >= 15 is 0 Å². The van der Waals surface area contributed by atoms with Crippen molar-refractivity contribution in [3.05, 3.63) is 27.2 Å². The molecular weight excluding hydrogens is 459 g/mol. The van der Waals surface area contributed by atoms with Crippen LogP contribution < -0.4 is 16.0 Å². The van der Waals surface area contributed by atoms with Crippen molar-refractivity contribution in [1.82, 2.24) is 24.6 Å². The van der Waals surface area contributed by atoms with E-state index < -0.39 is 0 Å². The van der Waals surface area contributed by atoms with Gasteiger partial charge in [-0.25, -0.2) is 4.40 Å². The van der Waals surface area contributed by atoms with Crippen molar-refractivity contribution in [2.45, 2.75) is 19.0 Å². The van der Waals surface area contributed by atoms with E-state index in [0.29, 0.717) is 46.6 Å². The molecular formula is C16H17Cl3N8OS. The number of thioether (sulfide) groups is 1. The van der Waals surface area contributed by atoms with Crippen LogP contribution in [0.5, 0.6) is 0 Å². The van der Waals surface area contributed by atoms with E-state index in [1.165, 1.54) is 23.9 Å². The molecule has 3 aromatic rings. The molecule has 29 heavy (non-hydrogen) atoms. The summed E-state index contributed by atoms with van der Waals surface area (Å²) >= 11 is 19.3. The molecule has 9 nitrogen and oxygen atoms in total. The second-order valence-electron chi connectivity index (χ2n) is 5.63. The van der Waals surface area contributed by atoms with Crippen LogP contribution in [0.1, 0.15) is 13.8 Å². The van der Waals surface area contributed by atoms with Gasteiger partial charge in [-0.05, 0) is 26.0 Å². The van der Waals surface area contributed by atoms with Crippen molar-refractivity contribution in [2.24, 2.45) is 0 Å². The van der Waals surface area contributed by atoms with Crippen LogP contribution in [0.3, 0.4) is 0 Å². The fraction of sp³-hybridized carbons (Fsp3) is 0.312. The lowest BCUT2D eigenvalue weighted by molar-refractivity contribution is -0.113.